The third-order valence-corrected chi connectivity index (χ3v) is 3.12. The van der Waals surface area contributed by atoms with Gasteiger partial charge in [0.2, 0.25) is 0 Å². The molecule has 20 heavy (non-hydrogen) atoms. The average molecular weight is 275 g/mol. The van der Waals surface area contributed by atoms with Gasteiger partial charge in [-0.2, -0.15) is 0 Å². The Morgan fingerprint density at radius 1 is 1.25 bits per heavy atom. The largest absolute Gasteiger partial charge is 0.476 e. The van der Waals surface area contributed by atoms with Gasteiger partial charge in [0.05, 0.1) is 5.69 Å². The van der Waals surface area contributed by atoms with Crippen molar-refractivity contribution in [3.05, 3.63) is 46.0 Å². The number of aromatic nitrogens is 2. The number of hydrogen-bond donors (Lipinski definition) is 3. The molecular weight excluding hydrogens is 258 g/mol. The van der Waals surface area contributed by atoms with Crippen molar-refractivity contribution in [3.8, 4) is 5.69 Å². The molecule has 0 aliphatic carbocycles. The Bertz CT molecular complexity index is 703. The summed E-state index contributed by atoms with van der Waals surface area (Å²) in [4.78, 5) is 25.3. The summed E-state index contributed by atoms with van der Waals surface area (Å²) in [5.41, 5.74) is 6.25. The lowest BCUT2D eigenvalue weighted by molar-refractivity contribution is 0.0689. The molecule has 0 saturated carbocycles. The molecule has 0 bridgehead atoms. The Morgan fingerprint density at radius 3 is 2.25 bits per heavy atom. The molecule has 6 heteroatoms. The molecule has 2 aromatic rings. The Kier molecular flexibility index (Phi) is 3.17. The number of imidazole rings is 1. The highest BCUT2D eigenvalue weighted by Gasteiger charge is 2.20. The number of aromatic amines is 1. The molecule has 0 radical (unpaired) electrons. The van der Waals surface area contributed by atoms with E-state index in [0.29, 0.717) is 5.69 Å². The maximum absolute atomic E-state index is 11.8. The Balaban J connectivity index is 2.58. The lowest BCUT2D eigenvalue weighted by Gasteiger charge is -2.19. The highest BCUT2D eigenvalue weighted by atomic mass is 16.4. The van der Waals surface area contributed by atoms with Crippen LogP contribution in [0.25, 0.3) is 5.69 Å². The maximum Gasteiger partial charge on any atom is 0.356 e. The first-order valence-corrected chi connectivity index (χ1v) is 6.16. The van der Waals surface area contributed by atoms with Crippen molar-refractivity contribution in [1.82, 2.24) is 9.55 Å². The van der Waals surface area contributed by atoms with E-state index in [9.17, 15) is 9.59 Å². The van der Waals surface area contributed by atoms with E-state index in [0.717, 1.165) is 10.1 Å². The van der Waals surface area contributed by atoms with Crippen LogP contribution in [0.15, 0.2) is 29.1 Å². The Morgan fingerprint density at radius 2 is 1.80 bits per heavy atom. The number of nitrogens with zero attached hydrogens (tertiary/aromatic N) is 1. The van der Waals surface area contributed by atoms with Crippen LogP contribution in [-0.4, -0.2) is 20.6 Å². The predicted octanol–water partition coefficient (Wildman–Crippen LogP) is 1.74. The van der Waals surface area contributed by atoms with Gasteiger partial charge in [0, 0.05) is 0 Å². The second kappa shape index (κ2) is 4.56. The van der Waals surface area contributed by atoms with Crippen LogP contribution >= 0.6 is 0 Å². The molecular formula is C14H17N3O3. The fourth-order valence-corrected chi connectivity index (χ4v) is 2.02. The van der Waals surface area contributed by atoms with E-state index < -0.39 is 11.7 Å². The molecule has 0 atom stereocenters. The third kappa shape index (κ3) is 2.32. The number of anilines is 1. The molecule has 1 aromatic heterocycles. The number of carboxylic acids is 1. The summed E-state index contributed by atoms with van der Waals surface area (Å²) in [7, 11) is 0. The number of benzene rings is 1. The molecule has 0 aliphatic heterocycles. The molecule has 1 heterocycles. The highest BCUT2D eigenvalue weighted by Crippen LogP contribution is 2.23. The first-order valence-electron chi connectivity index (χ1n) is 6.16. The van der Waals surface area contributed by atoms with E-state index in [1.807, 2.05) is 12.1 Å². The van der Waals surface area contributed by atoms with E-state index >= 15 is 0 Å². The maximum atomic E-state index is 11.8. The molecule has 106 valence electrons. The SMILES string of the molecule is CC(C)(C)c1ccc(-n2c(C(=O)O)c(N)[nH]c2=O)cc1. The van der Waals surface area contributed by atoms with Crippen LogP contribution in [-0.2, 0) is 5.41 Å². The van der Waals surface area contributed by atoms with Crippen LogP contribution in [0.3, 0.4) is 0 Å². The Hall–Kier alpha value is -2.50. The van der Waals surface area contributed by atoms with Crippen molar-refractivity contribution in [2.24, 2.45) is 0 Å². The lowest BCUT2D eigenvalue weighted by Crippen LogP contribution is -2.19. The van der Waals surface area contributed by atoms with E-state index in [1.165, 1.54) is 0 Å². The van der Waals surface area contributed by atoms with E-state index in [2.05, 4.69) is 25.8 Å². The van der Waals surface area contributed by atoms with Gasteiger partial charge in [0.1, 0.15) is 5.82 Å². The summed E-state index contributed by atoms with van der Waals surface area (Å²) < 4.78 is 1.06. The van der Waals surface area contributed by atoms with E-state index in [-0.39, 0.29) is 16.9 Å². The van der Waals surface area contributed by atoms with Crippen LogP contribution in [0.2, 0.25) is 0 Å². The number of nitrogen functional groups attached to an aromatic ring is 1. The summed E-state index contributed by atoms with van der Waals surface area (Å²) >= 11 is 0. The summed E-state index contributed by atoms with van der Waals surface area (Å²) in [6, 6.07) is 7.16. The highest BCUT2D eigenvalue weighted by molar-refractivity contribution is 5.91. The molecule has 0 spiro atoms. The molecule has 0 amide bonds. The lowest BCUT2D eigenvalue weighted by atomic mass is 9.87. The second-order valence-electron chi connectivity index (χ2n) is 5.63. The number of hydrogen-bond acceptors (Lipinski definition) is 3. The van der Waals surface area contributed by atoms with Crippen LogP contribution < -0.4 is 11.4 Å². The molecule has 2 rings (SSSR count). The van der Waals surface area contributed by atoms with Crippen molar-refractivity contribution in [1.29, 1.82) is 0 Å². The third-order valence-electron chi connectivity index (χ3n) is 3.12. The molecule has 6 nitrogen and oxygen atoms in total. The van der Waals surface area contributed by atoms with Gasteiger partial charge >= 0.3 is 11.7 Å². The number of carbonyl (C=O) groups is 1. The molecule has 0 unspecified atom stereocenters. The van der Waals surface area contributed by atoms with E-state index in [4.69, 9.17) is 10.8 Å². The first-order chi connectivity index (χ1) is 9.21. The topological polar surface area (TPSA) is 101 Å². The van der Waals surface area contributed by atoms with Gasteiger partial charge in [-0.15, -0.1) is 0 Å². The van der Waals surface area contributed by atoms with E-state index in [1.54, 1.807) is 12.1 Å². The van der Waals surface area contributed by atoms with Crippen molar-refractivity contribution < 1.29 is 9.90 Å². The van der Waals surface area contributed by atoms with Gasteiger partial charge < -0.3 is 10.8 Å². The minimum Gasteiger partial charge on any atom is -0.476 e. The number of carboxylic acid groups (broad SMARTS) is 1. The van der Waals surface area contributed by atoms with Crippen LogP contribution in [0.5, 0.6) is 0 Å². The van der Waals surface area contributed by atoms with Gasteiger partial charge in [-0.05, 0) is 23.1 Å². The van der Waals surface area contributed by atoms with Crippen molar-refractivity contribution >= 4 is 11.8 Å². The van der Waals surface area contributed by atoms with Gasteiger partial charge in [-0.25, -0.2) is 9.59 Å². The zero-order valence-electron chi connectivity index (χ0n) is 11.6. The fourth-order valence-electron chi connectivity index (χ4n) is 2.02. The number of nitrogens with one attached hydrogen (secondary N) is 1. The average Bonchev–Trinajstić information content (AvgIpc) is 2.63. The zero-order chi connectivity index (χ0) is 15.1. The molecule has 1 aromatic carbocycles. The number of rotatable bonds is 2. The van der Waals surface area contributed by atoms with Gasteiger partial charge in [-0.3, -0.25) is 9.55 Å². The van der Waals surface area contributed by atoms with Crippen LogP contribution in [0, 0.1) is 0 Å². The monoisotopic (exact) mass is 275 g/mol. The molecule has 0 aliphatic rings. The zero-order valence-corrected chi connectivity index (χ0v) is 11.6. The second-order valence-corrected chi connectivity index (χ2v) is 5.63. The summed E-state index contributed by atoms with van der Waals surface area (Å²) in [6.45, 7) is 6.22. The van der Waals surface area contributed by atoms with Crippen LogP contribution in [0.1, 0.15) is 36.8 Å². The van der Waals surface area contributed by atoms with Gasteiger partial charge in [0.25, 0.3) is 0 Å². The first kappa shape index (κ1) is 13.9. The quantitative estimate of drug-likeness (QED) is 0.777. The summed E-state index contributed by atoms with van der Waals surface area (Å²) in [5.74, 6) is -1.40. The summed E-state index contributed by atoms with van der Waals surface area (Å²) in [5, 5.41) is 9.15. The van der Waals surface area contributed by atoms with Crippen molar-refractivity contribution in [2.75, 3.05) is 5.73 Å². The predicted molar refractivity (Wildman–Crippen MR) is 76.5 cm³/mol. The summed E-state index contributed by atoms with van der Waals surface area (Å²) in [6.07, 6.45) is 0. The molecule has 0 fully saturated rings. The number of nitrogens with two attached hydrogens (primary N) is 1. The number of aromatic carboxylic acids is 1. The smallest absolute Gasteiger partial charge is 0.356 e. The van der Waals surface area contributed by atoms with Gasteiger partial charge in [-0.1, -0.05) is 32.9 Å². The van der Waals surface area contributed by atoms with Crippen molar-refractivity contribution in [2.45, 2.75) is 26.2 Å². The minimum atomic E-state index is -1.25. The van der Waals surface area contributed by atoms with Gasteiger partial charge in [0.15, 0.2) is 5.69 Å². The number of H-pyrrole nitrogens is 1. The van der Waals surface area contributed by atoms with Crippen LogP contribution in [0.4, 0.5) is 5.82 Å². The molecule has 4 N–H and O–H groups in total. The minimum absolute atomic E-state index is 0.0176. The Labute approximate surface area is 115 Å². The standard InChI is InChI=1S/C14H17N3O3/c1-14(2,3)8-4-6-9(7-5-8)17-10(12(18)19)11(15)16-13(17)20/h4-7H,15H2,1-3H3,(H,16,20)(H,18,19). The normalized spacial score (nSPS) is 11.6. The molecule has 0 saturated heterocycles. The van der Waals surface area contributed by atoms with Crippen molar-refractivity contribution in [3.63, 3.8) is 0 Å². The fraction of sp³-hybridized carbons (Fsp3) is 0.286.